The molecule has 138 valence electrons. The van der Waals surface area contributed by atoms with Crippen LogP contribution >= 0.6 is 11.3 Å². The first-order chi connectivity index (χ1) is 13.6. The molecule has 4 N–H and O–H groups in total. The molecule has 3 aromatic carbocycles. The standard InChI is InChI=1S/C23H19N3OS/c24-22(25)21-13-17-12-16(10-11-20(17)28-21)18-8-4-5-9-19(18)23(27)26-14-15-6-2-1-3-7-15/h1-13H,14H2,(H3,24,25)(H,26,27). The minimum Gasteiger partial charge on any atom is -0.383 e. The molecule has 0 atom stereocenters. The Bertz CT molecular complexity index is 1160. The highest BCUT2D eigenvalue weighted by atomic mass is 32.1. The van der Waals surface area contributed by atoms with Crippen LogP contribution in [0.15, 0.2) is 78.9 Å². The third kappa shape index (κ3) is 3.66. The summed E-state index contributed by atoms with van der Waals surface area (Å²) < 4.78 is 1.07. The lowest BCUT2D eigenvalue weighted by Gasteiger charge is -2.11. The Morgan fingerprint density at radius 1 is 0.964 bits per heavy atom. The summed E-state index contributed by atoms with van der Waals surface area (Å²) >= 11 is 1.50. The van der Waals surface area contributed by atoms with Crippen LogP contribution in [0.1, 0.15) is 20.8 Å². The molecular weight excluding hydrogens is 366 g/mol. The molecule has 0 spiro atoms. The number of fused-ring (bicyclic) bond motifs is 1. The van der Waals surface area contributed by atoms with Gasteiger partial charge in [0.15, 0.2) is 0 Å². The zero-order valence-corrected chi connectivity index (χ0v) is 15.9. The quantitative estimate of drug-likeness (QED) is 0.341. The van der Waals surface area contributed by atoms with Gasteiger partial charge in [-0.15, -0.1) is 11.3 Å². The molecular formula is C23H19N3OS. The summed E-state index contributed by atoms with van der Waals surface area (Å²) in [6, 6.07) is 25.4. The normalized spacial score (nSPS) is 10.7. The second-order valence-corrected chi connectivity index (χ2v) is 7.57. The third-order valence-corrected chi connectivity index (χ3v) is 5.71. The lowest BCUT2D eigenvalue weighted by molar-refractivity contribution is 0.0951. The molecule has 5 heteroatoms. The highest BCUT2D eigenvalue weighted by Crippen LogP contribution is 2.31. The summed E-state index contributed by atoms with van der Waals surface area (Å²) in [5, 5.41) is 11.6. The Labute approximate surface area is 167 Å². The molecule has 4 rings (SSSR count). The number of amidine groups is 1. The van der Waals surface area contributed by atoms with Gasteiger partial charge in [-0.05, 0) is 46.3 Å². The van der Waals surface area contributed by atoms with Crippen LogP contribution < -0.4 is 11.1 Å². The van der Waals surface area contributed by atoms with Gasteiger partial charge in [0.1, 0.15) is 5.84 Å². The van der Waals surface area contributed by atoms with E-state index in [-0.39, 0.29) is 11.7 Å². The number of hydrogen-bond donors (Lipinski definition) is 3. The third-order valence-electron chi connectivity index (χ3n) is 4.56. The Morgan fingerprint density at radius 3 is 2.50 bits per heavy atom. The molecule has 1 aromatic heterocycles. The number of nitrogen functional groups attached to an aromatic ring is 1. The Kier molecular flexibility index (Phi) is 4.91. The number of rotatable bonds is 5. The predicted molar refractivity (Wildman–Crippen MR) is 116 cm³/mol. The van der Waals surface area contributed by atoms with E-state index in [0.717, 1.165) is 31.7 Å². The van der Waals surface area contributed by atoms with Crippen molar-refractivity contribution in [1.82, 2.24) is 5.32 Å². The van der Waals surface area contributed by atoms with Crippen molar-refractivity contribution in [2.75, 3.05) is 0 Å². The number of thiophene rings is 1. The van der Waals surface area contributed by atoms with E-state index in [1.165, 1.54) is 11.3 Å². The number of amides is 1. The highest BCUT2D eigenvalue weighted by Gasteiger charge is 2.13. The Balaban J connectivity index is 1.64. The first kappa shape index (κ1) is 17.9. The SMILES string of the molecule is N=C(N)c1cc2cc(-c3ccccc3C(=O)NCc3ccccc3)ccc2s1. The summed E-state index contributed by atoms with van der Waals surface area (Å²) in [5.74, 6) is -0.0299. The van der Waals surface area contributed by atoms with Crippen LogP contribution in [0.3, 0.4) is 0 Å². The summed E-state index contributed by atoms with van der Waals surface area (Å²) in [5.41, 5.74) is 9.16. The van der Waals surface area contributed by atoms with E-state index in [9.17, 15) is 4.79 Å². The number of nitrogens with two attached hydrogens (primary N) is 1. The minimum atomic E-state index is -0.103. The fourth-order valence-electron chi connectivity index (χ4n) is 3.15. The smallest absolute Gasteiger partial charge is 0.252 e. The second-order valence-electron chi connectivity index (χ2n) is 6.49. The maximum atomic E-state index is 12.8. The van der Waals surface area contributed by atoms with Gasteiger partial charge in [0.25, 0.3) is 5.91 Å². The highest BCUT2D eigenvalue weighted by molar-refractivity contribution is 7.20. The van der Waals surface area contributed by atoms with Gasteiger partial charge in [-0.25, -0.2) is 0 Å². The van der Waals surface area contributed by atoms with Crippen molar-refractivity contribution in [3.63, 3.8) is 0 Å². The van der Waals surface area contributed by atoms with E-state index >= 15 is 0 Å². The van der Waals surface area contributed by atoms with Crippen LogP contribution in [0.4, 0.5) is 0 Å². The molecule has 0 saturated heterocycles. The predicted octanol–water partition coefficient (Wildman–Crippen LogP) is 4.78. The largest absolute Gasteiger partial charge is 0.383 e. The van der Waals surface area contributed by atoms with Crippen molar-refractivity contribution in [1.29, 1.82) is 5.41 Å². The molecule has 0 saturated carbocycles. The maximum absolute atomic E-state index is 12.8. The molecule has 28 heavy (non-hydrogen) atoms. The van der Waals surface area contributed by atoms with E-state index < -0.39 is 0 Å². The number of carbonyl (C=O) groups excluding carboxylic acids is 1. The molecule has 0 aliphatic rings. The van der Waals surface area contributed by atoms with Gasteiger partial charge in [-0.2, -0.15) is 0 Å². The van der Waals surface area contributed by atoms with Crippen LogP contribution in [0.2, 0.25) is 0 Å². The topological polar surface area (TPSA) is 79.0 Å². The maximum Gasteiger partial charge on any atom is 0.252 e. The van der Waals surface area contributed by atoms with E-state index in [0.29, 0.717) is 12.1 Å². The van der Waals surface area contributed by atoms with Crippen LogP contribution in [-0.2, 0) is 6.54 Å². The van der Waals surface area contributed by atoms with Gasteiger partial charge in [-0.1, -0.05) is 54.6 Å². The first-order valence-corrected chi connectivity index (χ1v) is 9.73. The summed E-state index contributed by atoms with van der Waals surface area (Å²) in [6.07, 6.45) is 0. The van der Waals surface area contributed by atoms with Crippen LogP contribution in [0.25, 0.3) is 21.2 Å². The van der Waals surface area contributed by atoms with E-state index in [2.05, 4.69) is 5.32 Å². The van der Waals surface area contributed by atoms with Gasteiger partial charge >= 0.3 is 0 Å². The molecule has 0 aliphatic heterocycles. The summed E-state index contributed by atoms with van der Waals surface area (Å²) in [7, 11) is 0. The number of benzene rings is 3. The van der Waals surface area contributed by atoms with Crippen LogP contribution in [0.5, 0.6) is 0 Å². The fraction of sp³-hybridized carbons (Fsp3) is 0.0435. The van der Waals surface area contributed by atoms with Crippen LogP contribution in [-0.4, -0.2) is 11.7 Å². The van der Waals surface area contributed by atoms with Gasteiger partial charge in [0.2, 0.25) is 0 Å². The Hall–Kier alpha value is -3.44. The van der Waals surface area contributed by atoms with Gasteiger partial charge in [0, 0.05) is 16.8 Å². The molecule has 4 nitrogen and oxygen atoms in total. The van der Waals surface area contributed by atoms with Gasteiger partial charge < -0.3 is 11.1 Å². The minimum absolute atomic E-state index is 0.0726. The lowest BCUT2D eigenvalue weighted by atomic mass is 9.98. The first-order valence-electron chi connectivity index (χ1n) is 8.91. The molecule has 4 aromatic rings. The van der Waals surface area contributed by atoms with Crippen molar-refractivity contribution in [3.8, 4) is 11.1 Å². The molecule has 1 heterocycles. The molecule has 0 aliphatic carbocycles. The zero-order valence-electron chi connectivity index (χ0n) is 15.1. The summed E-state index contributed by atoms with van der Waals surface area (Å²) in [4.78, 5) is 13.6. The average molecular weight is 385 g/mol. The molecule has 1 amide bonds. The van der Waals surface area contributed by atoms with Crippen molar-refractivity contribution in [2.24, 2.45) is 5.73 Å². The number of carbonyl (C=O) groups is 1. The van der Waals surface area contributed by atoms with Crippen molar-refractivity contribution in [2.45, 2.75) is 6.54 Å². The Morgan fingerprint density at radius 2 is 1.71 bits per heavy atom. The monoisotopic (exact) mass is 385 g/mol. The molecule has 0 radical (unpaired) electrons. The fourth-order valence-corrected chi connectivity index (χ4v) is 4.05. The van der Waals surface area contributed by atoms with Gasteiger partial charge in [-0.3, -0.25) is 10.2 Å². The molecule has 0 fully saturated rings. The van der Waals surface area contributed by atoms with E-state index in [4.69, 9.17) is 11.1 Å². The lowest BCUT2D eigenvalue weighted by Crippen LogP contribution is -2.23. The van der Waals surface area contributed by atoms with Gasteiger partial charge in [0.05, 0.1) is 4.88 Å². The van der Waals surface area contributed by atoms with E-state index in [1.54, 1.807) is 0 Å². The van der Waals surface area contributed by atoms with Crippen LogP contribution in [0, 0.1) is 5.41 Å². The summed E-state index contributed by atoms with van der Waals surface area (Å²) in [6.45, 7) is 0.486. The van der Waals surface area contributed by atoms with Crippen molar-refractivity contribution in [3.05, 3.63) is 94.9 Å². The van der Waals surface area contributed by atoms with Crippen molar-refractivity contribution < 1.29 is 4.79 Å². The average Bonchev–Trinajstić information content (AvgIpc) is 3.16. The second kappa shape index (κ2) is 7.66. The van der Waals surface area contributed by atoms with Crippen molar-refractivity contribution >= 4 is 33.2 Å². The number of nitrogens with one attached hydrogen (secondary N) is 2. The number of hydrogen-bond acceptors (Lipinski definition) is 3. The molecule has 0 unspecified atom stereocenters. The van der Waals surface area contributed by atoms with E-state index in [1.807, 2.05) is 78.9 Å². The molecule has 0 bridgehead atoms. The zero-order chi connectivity index (χ0) is 19.5.